The number of ether oxygens (including phenoxy) is 3. The van der Waals surface area contributed by atoms with Gasteiger partial charge in [-0.05, 0) is 29.8 Å². The summed E-state index contributed by atoms with van der Waals surface area (Å²) in [5, 5.41) is 2.43. The molecule has 3 rings (SSSR count). The molecule has 10 heteroatoms. The Morgan fingerprint density at radius 3 is 2.50 bits per heavy atom. The predicted octanol–water partition coefficient (Wildman–Crippen LogP) is 1.25. The van der Waals surface area contributed by atoms with Crippen molar-refractivity contribution in [2.45, 2.75) is 11.6 Å². The predicted molar refractivity (Wildman–Crippen MR) is 99.0 cm³/mol. The van der Waals surface area contributed by atoms with Crippen LogP contribution in [0.2, 0.25) is 0 Å². The number of nitrogens with zero attached hydrogens (tertiary/aromatic N) is 1. The van der Waals surface area contributed by atoms with E-state index in [-0.39, 0.29) is 30.5 Å². The number of carbonyl (C=O) groups is 1. The van der Waals surface area contributed by atoms with Gasteiger partial charge in [0.2, 0.25) is 5.09 Å². The van der Waals surface area contributed by atoms with Crippen molar-refractivity contribution in [3.05, 3.63) is 41.7 Å². The fraction of sp³-hybridized carbons (Fsp3) is 0.389. The van der Waals surface area contributed by atoms with E-state index >= 15 is 0 Å². The van der Waals surface area contributed by atoms with E-state index in [1.54, 1.807) is 25.3 Å². The van der Waals surface area contributed by atoms with E-state index in [0.29, 0.717) is 24.7 Å². The summed E-state index contributed by atoms with van der Waals surface area (Å²) in [5.74, 6) is 0.540. The summed E-state index contributed by atoms with van der Waals surface area (Å²) < 4.78 is 47.3. The number of nitrogens with one attached hydrogen (secondary N) is 1. The maximum atomic E-state index is 12.6. The van der Waals surface area contributed by atoms with Crippen LogP contribution in [0.5, 0.6) is 11.5 Å². The maximum Gasteiger partial charge on any atom is 0.287 e. The smallest absolute Gasteiger partial charge is 0.287 e. The highest BCUT2D eigenvalue weighted by atomic mass is 32.2. The van der Waals surface area contributed by atoms with Gasteiger partial charge < -0.3 is 23.9 Å². The van der Waals surface area contributed by atoms with Crippen LogP contribution in [0, 0.1) is 0 Å². The lowest BCUT2D eigenvalue weighted by molar-refractivity contribution is 0.0722. The number of hydrogen-bond donors (Lipinski definition) is 1. The molecule has 0 aliphatic carbocycles. The Labute approximate surface area is 163 Å². The molecule has 0 radical (unpaired) electrons. The Bertz CT molecular complexity index is 933. The lowest BCUT2D eigenvalue weighted by Gasteiger charge is -2.24. The molecule has 1 saturated heterocycles. The van der Waals surface area contributed by atoms with Gasteiger partial charge in [-0.3, -0.25) is 4.79 Å². The molecule has 9 nitrogen and oxygen atoms in total. The molecular formula is C18H22N2O7S. The van der Waals surface area contributed by atoms with Crippen LogP contribution < -0.4 is 14.8 Å². The molecular weight excluding hydrogens is 388 g/mol. The second kappa shape index (κ2) is 8.63. The van der Waals surface area contributed by atoms with Crippen molar-refractivity contribution >= 4 is 15.9 Å². The van der Waals surface area contributed by atoms with Gasteiger partial charge in [-0.2, -0.15) is 4.31 Å². The third-order valence-electron chi connectivity index (χ3n) is 4.27. The van der Waals surface area contributed by atoms with Gasteiger partial charge in [0.25, 0.3) is 15.9 Å². The number of benzene rings is 1. The third kappa shape index (κ3) is 4.29. The van der Waals surface area contributed by atoms with Gasteiger partial charge in [0.05, 0.1) is 27.4 Å². The third-order valence-corrected chi connectivity index (χ3v) is 6.04. The van der Waals surface area contributed by atoms with E-state index in [1.165, 1.54) is 23.5 Å². The summed E-state index contributed by atoms with van der Waals surface area (Å²) in [5.41, 5.74) is 0.790. The Morgan fingerprint density at radius 1 is 1.11 bits per heavy atom. The van der Waals surface area contributed by atoms with Crippen molar-refractivity contribution in [2.24, 2.45) is 0 Å². The monoisotopic (exact) mass is 410 g/mol. The van der Waals surface area contributed by atoms with Crippen LogP contribution in [-0.2, 0) is 21.3 Å². The van der Waals surface area contributed by atoms with Crippen LogP contribution >= 0.6 is 0 Å². The Morgan fingerprint density at radius 2 is 1.82 bits per heavy atom. The van der Waals surface area contributed by atoms with Crippen molar-refractivity contribution < 1.29 is 31.8 Å². The number of furan rings is 1. The van der Waals surface area contributed by atoms with E-state index in [1.807, 2.05) is 0 Å². The van der Waals surface area contributed by atoms with Gasteiger partial charge in [0.1, 0.15) is 0 Å². The summed E-state index contributed by atoms with van der Waals surface area (Å²) in [7, 11) is -0.715. The van der Waals surface area contributed by atoms with Crippen molar-refractivity contribution in [3.63, 3.8) is 0 Å². The normalized spacial score (nSPS) is 15.2. The number of sulfonamides is 1. The summed E-state index contributed by atoms with van der Waals surface area (Å²) >= 11 is 0. The van der Waals surface area contributed by atoms with Gasteiger partial charge in [-0.15, -0.1) is 0 Å². The molecule has 2 aromatic rings. The first-order chi connectivity index (χ1) is 13.5. The average Bonchev–Trinajstić information content (AvgIpc) is 3.23. The number of hydrogen-bond acceptors (Lipinski definition) is 7. The fourth-order valence-corrected chi connectivity index (χ4v) is 4.07. The highest BCUT2D eigenvalue weighted by molar-refractivity contribution is 7.89. The van der Waals surface area contributed by atoms with Crippen molar-refractivity contribution in [2.75, 3.05) is 40.5 Å². The number of carbonyl (C=O) groups excluding carboxylic acids is 1. The topological polar surface area (TPSA) is 107 Å². The summed E-state index contributed by atoms with van der Waals surface area (Å²) in [6, 6.07) is 7.90. The van der Waals surface area contributed by atoms with Crippen molar-refractivity contribution in [3.8, 4) is 11.5 Å². The second-order valence-electron chi connectivity index (χ2n) is 6.01. The molecule has 0 spiro atoms. The molecule has 152 valence electrons. The van der Waals surface area contributed by atoms with Crippen LogP contribution in [0.1, 0.15) is 16.1 Å². The molecule has 1 amide bonds. The molecule has 1 aliphatic heterocycles. The standard InChI is InChI=1S/C18H22N2O7S/c1-24-14-4-3-13(11-16(14)25-2)12-19-18(21)15-5-6-17(27-15)28(22,23)20-7-9-26-10-8-20/h3-6,11H,7-10,12H2,1-2H3,(H,19,21). The summed E-state index contributed by atoms with van der Waals surface area (Å²) in [4.78, 5) is 12.3. The molecule has 0 saturated carbocycles. The van der Waals surface area contributed by atoms with Gasteiger partial charge in [-0.25, -0.2) is 8.42 Å². The number of morpholine rings is 1. The zero-order valence-electron chi connectivity index (χ0n) is 15.6. The molecule has 1 N–H and O–H groups in total. The Kier molecular flexibility index (Phi) is 6.22. The number of methoxy groups -OCH3 is 2. The second-order valence-corrected chi connectivity index (χ2v) is 7.88. The molecule has 0 bridgehead atoms. The molecule has 0 unspecified atom stereocenters. The average molecular weight is 410 g/mol. The fourth-order valence-electron chi connectivity index (χ4n) is 2.76. The minimum atomic E-state index is -3.78. The Hall–Kier alpha value is -2.56. The van der Waals surface area contributed by atoms with Gasteiger partial charge >= 0.3 is 0 Å². The zero-order valence-corrected chi connectivity index (χ0v) is 16.5. The van der Waals surface area contributed by atoms with E-state index < -0.39 is 15.9 Å². The maximum absolute atomic E-state index is 12.6. The molecule has 2 heterocycles. The Balaban J connectivity index is 1.66. The van der Waals surface area contributed by atoms with Crippen LogP contribution in [0.3, 0.4) is 0 Å². The first-order valence-electron chi connectivity index (χ1n) is 8.62. The molecule has 1 aliphatic rings. The molecule has 1 aromatic carbocycles. The summed E-state index contributed by atoms with van der Waals surface area (Å²) in [6.45, 7) is 1.39. The first-order valence-corrected chi connectivity index (χ1v) is 10.1. The van der Waals surface area contributed by atoms with Gasteiger partial charge in [0, 0.05) is 19.6 Å². The molecule has 0 atom stereocenters. The van der Waals surface area contributed by atoms with E-state index in [0.717, 1.165) is 5.56 Å². The van der Waals surface area contributed by atoms with Crippen LogP contribution in [0.15, 0.2) is 39.8 Å². The highest BCUT2D eigenvalue weighted by Gasteiger charge is 2.30. The SMILES string of the molecule is COc1ccc(CNC(=O)c2ccc(S(=O)(=O)N3CCOCC3)o2)cc1OC. The number of amides is 1. The van der Waals surface area contributed by atoms with Crippen LogP contribution in [0.25, 0.3) is 0 Å². The lowest BCUT2D eigenvalue weighted by atomic mass is 10.2. The van der Waals surface area contributed by atoms with Crippen LogP contribution in [-0.4, -0.2) is 59.2 Å². The molecule has 28 heavy (non-hydrogen) atoms. The van der Waals surface area contributed by atoms with Crippen molar-refractivity contribution in [1.29, 1.82) is 0 Å². The highest BCUT2D eigenvalue weighted by Crippen LogP contribution is 2.27. The molecule has 1 fully saturated rings. The van der Waals surface area contributed by atoms with E-state index in [9.17, 15) is 13.2 Å². The largest absolute Gasteiger partial charge is 0.493 e. The minimum Gasteiger partial charge on any atom is -0.493 e. The van der Waals surface area contributed by atoms with Gasteiger partial charge in [-0.1, -0.05) is 6.07 Å². The zero-order chi connectivity index (χ0) is 20.1. The first kappa shape index (κ1) is 20.2. The van der Waals surface area contributed by atoms with Crippen molar-refractivity contribution in [1.82, 2.24) is 9.62 Å². The van der Waals surface area contributed by atoms with E-state index in [2.05, 4.69) is 5.32 Å². The molecule has 1 aromatic heterocycles. The van der Waals surface area contributed by atoms with Crippen LogP contribution in [0.4, 0.5) is 0 Å². The van der Waals surface area contributed by atoms with E-state index in [4.69, 9.17) is 18.6 Å². The lowest BCUT2D eigenvalue weighted by Crippen LogP contribution is -2.40. The number of rotatable bonds is 7. The summed E-state index contributed by atoms with van der Waals surface area (Å²) in [6.07, 6.45) is 0. The quantitative estimate of drug-likeness (QED) is 0.732. The minimum absolute atomic E-state index is 0.0766. The van der Waals surface area contributed by atoms with Gasteiger partial charge in [0.15, 0.2) is 17.3 Å².